The molecule has 0 aliphatic carbocycles. The van der Waals surface area contributed by atoms with Crippen LogP contribution in [0.25, 0.3) is 0 Å². The molecule has 0 bridgehead atoms. The van der Waals surface area contributed by atoms with Crippen LogP contribution in [0.15, 0.2) is 16.6 Å². The zero-order valence-corrected chi connectivity index (χ0v) is 8.67. The van der Waals surface area contributed by atoms with Gasteiger partial charge in [-0.05, 0) is 18.6 Å². The molecule has 0 aliphatic rings. The molecule has 2 N–H and O–H groups in total. The number of nitrogens with two attached hydrogens (primary N) is 1. The summed E-state index contributed by atoms with van der Waals surface area (Å²) in [6.07, 6.45) is 0. The largest absolute Gasteiger partial charge is 0.326 e. The zero-order chi connectivity index (χ0) is 10.0. The molecule has 0 spiro atoms. The third-order valence-electron chi connectivity index (χ3n) is 1.91. The molecule has 4 nitrogen and oxygen atoms in total. The molecule has 1 aromatic carbocycles. The van der Waals surface area contributed by atoms with Crippen molar-refractivity contribution in [2.45, 2.75) is 13.5 Å². The summed E-state index contributed by atoms with van der Waals surface area (Å²) < 4.78 is 0.818. The van der Waals surface area contributed by atoms with E-state index in [0.717, 1.165) is 10.0 Å². The Kier molecular flexibility index (Phi) is 3.00. The van der Waals surface area contributed by atoms with Crippen molar-refractivity contribution in [3.8, 4) is 0 Å². The first kappa shape index (κ1) is 10.1. The third-order valence-corrected chi connectivity index (χ3v) is 2.66. The maximum Gasteiger partial charge on any atom is 0.272 e. The molecule has 0 amide bonds. The minimum atomic E-state index is -0.402. The van der Waals surface area contributed by atoms with E-state index in [0.29, 0.717) is 12.1 Å². The molecule has 0 fully saturated rings. The first-order chi connectivity index (χ1) is 6.07. The fourth-order valence-electron chi connectivity index (χ4n) is 1.16. The maximum absolute atomic E-state index is 10.6. The molecule has 5 heteroatoms. The van der Waals surface area contributed by atoms with E-state index in [1.54, 1.807) is 13.0 Å². The molecule has 0 aliphatic heterocycles. The summed E-state index contributed by atoms with van der Waals surface area (Å²) >= 11 is 3.29. The van der Waals surface area contributed by atoms with Crippen LogP contribution in [-0.4, -0.2) is 4.92 Å². The number of nitrogens with zero attached hydrogens (tertiary/aromatic N) is 1. The highest BCUT2D eigenvalue weighted by molar-refractivity contribution is 9.10. The van der Waals surface area contributed by atoms with Gasteiger partial charge in [-0.3, -0.25) is 10.1 Å². The van der Waals surface area contributed by atoms with Gasteiger partial charge in [0.25, 0.3) is 5.69 Å². The highest BCUT2D eigenvalue weighted by atomic mass is 79.9. The third kappa shape index (κ3) is 1.87. The molecule has 0 saturated heterocycles. The Bertz CT molecular complexity index is 352. The van der Waals surface area contributed by atoms with E-state index < -0.39 is 4.92 Å². The molecule has 0 aromatic heterocycles. The fourth-order valence-corrected chi connectivity index (χ4v) is 1.75. The first-order valence-electron chi connectivity index (χ1n) is 3.70. The lowest BCUT2D eigenvalue weighted by Crippen LogP contribution is -2.03. The van der Waals surface area contributed by atoms with Crippen molar-refractivity contribution >= 4 is 21.6 Å². The highest BCUT2D eigenvalue weighted by Gasteiger charge is 2.14. The Morgan fingerprint density at radius 3 is 2.69 bits per heavy atom. The van der Waals surface area contributed by atoms with Crippen molar-refractivity contribution in [3.05, 3.63) is 37.8 Å². The molecular formula is C8H9BrN2O2. The molecule has 13 heavy (non-hydrogen) atoms. The minimum Gasteiger partial charge on any atom is -0.326 e. The van der Waals surface area contributed by atoms with Gasteiger partial charge in [-0.15, -0.1) is 0 Å². The SMILES string of the molecule is Cc1c([N+](=O)[O-])ccc(Br)c1CN. The number of hydrogen-bond acceptors (Lipinski definition) is 3. The van der Waals surface area contributed by atoms with Crippen LogP contribution in [0.4, 0.5) is 5.69 Å². The number of rotatable bonds is 2. The average molecular weight is 245 g/mol. The molecule has 0 heterocycles. The fraction of sp³-hybridized carbons (Fsp3) is 0.250. The van der Waals surface area contributed by atoms with Crippen LogP contribution in [0.3, 0.4) is 0 Å². The lowest BCUT2D eigenvalue weighted by atomic mass is 10.1. The van der Waals surface area contributed by atoms with Gasteiger partial charge in [0.15, 0.2) is 0 Å². The monoisotopic (exact) mass is 244 g/mol. The molecule has 1 aromatic rings. The first-order valence-corrected chi connectivity index (χ1v) is 4.49. The van der Waals surface area contributed by atoms with Gasteiger partial charge in [-0.1, -0.05) is 15.9 Å². The number of nitro benzene ring substituents is 1. The summed E-state index contributed by atoms with van der Waals surface area (Å²) in [7, 11) is 0. The van der Waals surface area contributed by atoms with Crippen LogP contribution in [0, 0.1) is 17.0 Å². The summed E-state index contributed by atoms with van der Waals surface area (Å²) in [5, 5.41) is 10.6. The number of benzene rings is 1. The van der Waals surface area contributed by atoms with Gasteiger partial charge in [0.05, 0.1) is 4.92 Å². The molecule has 0 saturated carbocycles. The van der Waals surface area contributed by atoms with E-state index >= 15 is 0 Å². The quantitative estimate of drug-likeness (QED) is 0.640. The van der Waals surface area contributed by atoms with E-state index in [-0.39, 0.29) is 5.69 Å². The Hall–Kier alpha value is -0.940. The molecular weight excluding hydrogens is 236 g/mol. The predicted octanol–water partition coefficient (Wildman–Crippen LogP) is 2.12. The standard InChI is InChI=1S/C8H9BrN2O2/c1-5-6(4-10)7(9)2-3-8(5)11(12)13/h2-3H,4,10H2,1H3. The lowest BCUT2D eigenvalue weighted by Gasteiger charge is -2.05. The zero-order valence-electron chi connectivity index (χ0n) is 7.08. The maximum atomic E-state index is 10.6. The van der Waals surface area contributed by atoms with Gasteiger partial charge < -0.3 is 5.73 Å². The van der Waals surface area contributed by atoms with Crippen LogP contribution in [0.2, 0.25) is 0 Å². The van der Waals surface area contributed by atoms with Gasteiger partial charge in [-0.25, -0.2) is 0 Å². The summed E-state index contributed by atoms with van der Waals surface area (Å²) in [6.45, 7) is 2.00. The molecule has 70 valence electrons. The molecule has 1 rings (SSSR count). The van der Waals surface area contributed by atoms with Crippen LogP contribution < -0.4 is 5.73 Å². The van der Waals surface area contributed by atoms with Gasteiger partial charge in [-0.2, -0.15) is 0 Å². The van der Waals surface area contributed by atoms with Gasteiger partial charge >= 0.3 is 0 Å². The summed E-state index contributed by atoms with van der Waals surface area (Å²) in [5.74, 6) is 0. The van der Waals surface area contributed by atoms with Crippen LogP contribution >= 0.6 is 15.9 Å². The molecule has 0 atom stereocenters. The average Bonchev–Trinajstić information content (AvgIpc) is 2.04. The van der Waals surface area contributed by atoms with Crippen molar-refractivity contribution < 1.29 is 4.92 Å². The summed E-state index contributed by atoms with van der Waals surface area (Å²) in [6, 6.07) is 3.12. The smallest absolute Gasteiger partial charge is 0.272 e. The Labute approximate surface area is 84.0 Å². The van der Waals surface area contributed by atoms with E-state index in [9.17, 15) is 10.1 Å². The topological polar surface area (TPSA) is 69.2 Å². The van der Waals surface area contributed by atoms with Crippen molar-refractivity contribution in [1.82, 2.24) is 0 Å². The second kappa shape index (κ2) is 3.85. The predicted molar refractivity (Wildman–Crippen MR) is 53.4 cm³/mol. The molecule has 0 radical (unpaired) electrons. The number of halogens is 1. The number of nitro groups is 1. The second-order valence-electron chi connectivity index (χ2n) is 2.63. The van der Waals surface area contributed by atoms with Crippen molar-refractivity contribution in [1.29, 1.82) is 0 Å². The van der Waals surface area contributed by atoms with Crippen LogP contribution in [0.1, 0.15) is 11.1 Å². The van der Waals surface area contributed by atoms with Crippen molar-refractivity contribution in [2.24, 2.45) is 5.73 Å². The van der Waals surface area contributed by atoms with Gasteiger partial charge in [0, 0.05) is 22.6 Å². The van der Waals surface area contributed by atoms with Crippen molar-refractivity contribution in [2.75, 3.05) is 0 Å². The normalized spacial score (nSPS) is 10.1. The van der Waals surface area contributed by atoms with E-state index in [1.165, 1.54) is 6.07 Å². The van der Waals surface area contributed by atoms with E-state index in [4.69, 9.17) is 5.73 Å². The Morgan fingerprint density at radius 2 is 2.23 bits per heavy atom. The van der Waals surface area contributed by atoms with E-state index in [1.807, 2.05) is 0 Å². The van der Waals surface area contributed by atoms with E-state index in [2.05, 4.69) is 15.9 Å². The number of hydrogen-bond donors (Lipinski definition) is 1. The van der Waals surface area contributed by atoms with Gasteiger partial charge in [0.1, 0.15) is 0 Å². The van der Waals surface area contributed by atoms with Crippen LogP contribution in [-0.2, 0) is 6.54 Å². The van der Waals surface area contributed by atoms with Crippen LogP contribution in [0.5, 0.6) is 0 Å². The Balaban J connectivity index is 3.35. The second-order valence-corrected chi connectivity index (χ2v) is 3.49. The van der Waals surface area contributed by atoms with Gasteiger partial charge in [0.2, 0.25) is 0 Å². The minimum absolute atomic E-state index is 0.114. The lowest BCUT2D eigenvalue weighted by molar-refractivity contribution is -0.385. The molecule has 0 unspecified atom stereocenters. The van der Waals surface area contributed by atoms with Crippen molar-refractivity contribution in [3.63, 3.8) is 0 Å². The Morgan fingerprint density at radius 1 is 1.62 bits per heavy atom. The summed E-state index contributed by atoms with van der Waals surface area (Å²) in [5.41, 5.74) is 7.00. The summed E-state index contributed by atoms with van der Waals surface area (Å²) in [4.78, 5) is 10.1. The highest BCUT2D eigenvalue weighted by Crippen LogP contribution is 2.27.